The van der Waals surface area contributed by atoms with Crippen molar-refractivity contribution in [1.82, 2.24) is 14.8 Å². The van der Waals surface area contributed by atoms with Gasteiger partial charge in [-0.3, -0.25) is 19.6 Å². The van der Waals surface area contributed by atoms with Crippen molar-refractivity contribution in [3.05, 3.63) is 28.5 Å². The number of nitrogens with zero attached hydrogens (tertiary/aromatic N) is 3. The van der Waals surface area contributed by atoms with Crippen LogP contribution in [0, 0.1) is 6.92 Å². The standard InChI is InChI=1S/C11H12N4O3S/c1-6-8(4-15(2)14-6)10(18)13-11-12-7(5-19-11)3-9(16)17/h4-5H,3H2,1-2H3,(H,16,17)(H,12,13,18). The van der Waals surface area contributed by atoms with Crippen molar-refractivity contribution < 1.29 is 14.7 Å². The second kappa shape index (κ2) is 5.19. The number of nitrogens with one attached hydrogen (secondary N) is 1. The first-order valence-electron chi connectivity index (χ1n) is 5.43. The summed E-state index contributed by atoms with van der Waals surface area (Å²) in [5.74, 6) is -1.26. The van der Waals surface area contributed by atoms with Crippen LogP contribution in [0.1, 0.15) is 21.7 Å². The molecule has 0 aliphatic rings. The summed E-state index contributed by atoms with van der Waals surface area (Å²) < 4.78 is 1.56. The SMILES string of the molecule is Cc1nn(C)cc1C(=O)Nc1nc(CC(=O)O)cs1. The molecule has 0 spiro atoms. The molecule has 0 fully saturated rings. The third-order valence-electron chi connectivity index (χ3n) is 2.36. The fraction of sp³-hybridized carbons (Fsp3) is 0.273. The van der Waals surface area contributed by atoms with E-state index in [1.165, 1.54) is 11.3 Å². The molecule has 0 saturated carbocycles. The number of carboxylic acid groups (broad SMARTS) is 1. The summed E-state index contributed by atoms with van der Waals surface area (Å²) in [6.45, 7) is 1.74. The number of rotatable bonds is 4. The normalized spacial score (nSPS) is 10.4. The monoisotopic (exact) mass is 280 g/mol. The molecule has 0 saturated heterocycles. The second-order valence-corrected chi connectivity index (χ2v) is 4.83. The molecule has 1 amide bonds. The van der Waals surface area contributed by atoms with Crippen molar-refractivity contribution in [2.75, 3.05) is 5.32 Å². The highest BCUT2D eigenvalue weighted by Gasteiger charge is 2.14. The zero-order chi connectivity index (χ0) is 14.0. The van der Waals surface area contributed by atoms with Crippen molar-refractivity contribution in [2.45, 2.75) is 13.3 Å². The third-order valence-corrected chi connectivity index (χ3v) is 3.17. The molecule has 2 aromatic heterocycles. The van der Waals surface area contributed by atoms with Crippen LogP contribution in [0.15, 0.2) is 11.6 Å². The fourth-order valence-corrected chi connectivity index (χ4v) is 2.29. The van der Waals surface area contributed by atoms with Gasteiger partial charge in [-0.15, -0.1) is 11.3 Å². The Balaban J connectivity index is 2.09. The summed E-state index contributed by atoms with van der Waals surface area (Å²) in [5, 5.41) is 17.3. The Morgan fingerprint density at radius 3 is 2.84 bits per heavy atom. The van der Waals surface area contributed by atoms with Crippen LogP contribution >= 0.6 is 11.3 Å². The minimum absolute atomic E-state index is 0.154. The number of hydrogen-bond acceptors (Lipinski definition) is 5. The van der Waals surface area contributed by atoms with E-state index in [1.807, 2.05) is 0 Å². The number of anilines is 1. The first-order valence-corrected chi connectivity index (χ1v) is 6.31. The number of thiazole rings is 1. The maximum atomic E-state index is 12.0. The predicted octanol–water partition coefficient (Wildman–Crippen LogP) is 1.06. The minimum atomic E-state index is -0.953. The van der Waals surface area contributed by atoms with Crippen molar-refractivity contribution >= 4 is 28.3 Å². The molecule has 0 aliphatic carbocycles. The van der Waals surface area contributed by atoms with Gasteiger partial charge in [0.05, 0.1) is 23.4 Å². The number of aromatic nitrogens is 3. The zero-order valence-corrected chi connectivity index (χ0v) is 11.2. The van der Waals surface area contributed by atoms with Gasteiger partial charge in [-0.25, -0.2) is 4.98 Å². The number of carboxylic acids is 1. The first kappa shape index (κ1) is 13.2. The molecule has 0 radical (unpaired) electrons. The van der Waals surface area contributed by atoms with Crippen LogP contribution in [0.2, 0.25) is 0 Å². The molecule has 0 aliphatic heterocycles. The van der Waals surface area contributed by atoms with Crippen LogP contribution in [0.3, 0.4) is 0 Å². The van der Waals surface area contributed by atoms with E-state index < -0.39 is 5.97 Å². The topological polar surface area (TPSA) is 97.1 Å². The number of hydrogen-bond donors (Lipinski definition) is 2. The smallest absolute Gasteiger partial charge is 0.309 e. The molecule has 0 unspecified atom stereocenters. The van der Waals surface area contributed by atoms with Crippen LogP contribution in [0.5, 0.6) is 0 Å². The predicted molar refractivity (Wildman–Crippen MR) is 69.4 cm³/mol. The van der Waals surface area contributed by atoms with Crippen LogP contribution in [0.4, 0.5) is 5.13 Å². The van der Waals surface area contributed by atoms with Gasteiger partial charge < -0.3 is 5.11 Å². The van der Waals surface area contributed by atoms with Crippen LogP contribution in [0.25, 0.3) is 0 Å². The fourth-order valence-electron chi connectivity index (χ4n) is 1.59. The molecule has 8 heteroatoms. The quantitative estimate of drug-likeness (QED) is 0.873. The van der Waals surface area contributed by atoms with E-state index in [0.29, 0.717) is 22.1 Å². The zero-order valence-electron chi connectivity index (χ0n) is 10.4. The molecule has 0 bridgehead atoms. The van der Waals surface area contributed by atoms with Crippen LogP contribution in [-0.4, -0.2) is 31.7 Å². The Morgan fingerprint density at radius 1 is 1.53 bits per heavy atom. The van der Waals surface area contributed by atoms with Gasteiger partial charge in [0.15, 0.2) is 5.13 Å². The van der Waals surface area contributed by atoms with Gasteiger partial charge in [0.25, 0.3) is 5.91 Å². The van der Waals surface area contributed by atoms with Gasteiger partial charge in [-0.1, -0.05) is 0 Å². The van der Waals surface area contributed by atoms with Gasteiger partial charge >= 0.3 is 5.97 Å². The second-order valence-electron chi connectivity index (χ2n) is 3.97. The summed E-state index contributed by atoms with van der Waals surface area (Å²) in [5.41, 5.74) is 1.52. The van der Waals surface area contributed by atoms with Crippen molar-refractivity contribution in [3.63, 3.8) is 0 Å². The Labute approximate surface area is 112 Å². The number of aryl methyl sites for hydroxylation is 2. The summed E-state index contributed by atoms with van der Waals surface area (Å²) >= 11 is 1.19. The molecule has 2 rings (SSSR count). The van der Waals surface area contributed by atoms with Crippen LogP contribution < -0.4 is 5.32 Å². The van der Waals surface area contributed by atoms with Gasteiger partial charge in [-0.2, -0.15) is 5.10 Å². The van der Waals surface area contributed by atoms with E-state index in [0.717, 1.165) is 0 Å². The summed E-state index contributed by atoms with van der Waals surface area (Å²) in [7, 11) is 1.73. The van der Waals surface area contributed by atoms with Gasteiger partial charge in [0.1, 0.15) is 0 Å². The molecule has 0 aromatic carbocycles. The van der Waals surface area contributed by atoms with Gasteiger partial charge in [0, 0.05) is 18.6 Å². The number of carbonyl (C=O) groups excluding carboxylic acids is 1. The Hall–Kier alpha value is -2.22. The van der Waals surface area contributed by atoms with Gasteiger partial charge in [-0.05, 0) is 6.92 Å². The molecule has 7 nitrogen and oxygen atoms in total. The van der Waals surface area contributed by atoms with E-state index in [-0.39, 0.29) is 12.3 Å². The van der Waals surface area contributed by atoms with E-state index in [1.54, 1.807) is 30.2 Å². The molecule has 0 atom stereocenters. The average Bonchev–Trinajstić information content (AvgIpc) is 2.84. The maximum absolute atomic E-state index is 12.0. The lowest BCUT2D eigenvalue weighted by molar-refractivity contribution is -0.136. The molecule has 2 heterocycles. The average molecular weight is 280 g/mol. The van der Waals surface area contributed by atoms with E-state index in [9.17, 15) is 9.59 Å². The lowest BCUT2D eigenvalue weighted by Crippen LogP contribution is -2.12. The molecule has 2 N–H and O–H groups in total. The Bertz CT molecular complexity index is 632. The summed E-state index contributed by atoms with van der Waals surface area (Å²) in [4.78, 5) is 26.5. The molecule has 2 aromatic rings. The van der Waals surface area contributed by atoms with Crippen molar-refractivity contribution in [2.24, 2.45) is 7.05 Å². The number of carbonyl (C=O) groups is 2. The highest BCUT2D eigenvalue weighted by molar-refractivity contribution is 7.14. The summed E-state index contributed by atoms with van der Waals surface area (Å²) in [6, 6.07) is 0. The van der Waals surface area contributed by atoms with Crippen LogP contribution in [-0.2, 0) is 18.3 Å². The minimum Gasteiger partial charge on any atom is -0.481 e. The molecular weight excluding hydrogens is 268 g/mol. The van der Waals surface area contributed by atoms with Crippen molar-refractivity contribution in [1.29, 1.82) is 0 Å². The Kier molecular flexibility index (Phi) is 3.61. The lowest BCUT2D eigenvalue weighted by atomic mass is 10.2. The number of amides is 1. The highest BCUT2D eigenvalue weighted by Crippen LogP contribution is 2.17. The molecular formula is C11H12N4O3S. The molecule has 100 valence electrons. The highest BCUT2D eigenvalue weighted by atomic mass is 32.1. The Morgan fingerprint density at radius 2 is 2.26 bits per heavy atom. The van der Waals surface area contributed by atoms with E-state index in [4.69, 9.17) is 5.11 Å². The van der Waals surface area contributed by atoms with E-state index >= 15 is 0 Å². The summed E-state index contributed by atoms with van der Waals surface area (Å²) in [6.07, 6.45) is 1.47. The van der Waals surface area contributed by atoms with E-state index in [2.05, 4.69) is 15.4 Å². The molecule has 19 heavy (non-hydrogen) atoms. The van der Waals surface area contributed by atoms with Crippen molar-refractivity contribution in [3.8, 4) is 0 Å². The third kappa shape index (κ3) is 3.16. The van der Waals surface area contributed by atoms with Gasteiger partial charge in [0.2, 0.25) is 0 Å². The number of aliphatic carboxylic acids is 1. The maximum Gasteiger partial charge on any atom is 0.309 e. The first-order chi connectivity index (χ1) is 8.95. The lowest BCUT2D eigenvalue weighted by Gasteiger charge is -1.99. The largest absolute Gasteiger partial charge is 0.481 e.